The van der Waals surface area contributed by atoms with Gasteiger partial charge in [0.1, 0.15) is 0 Å². The molecule has 102 valence electrons. The van der Waals surface area contributed by atoms with Crippen LogP contribution in [-0.4, -0.2) is 14.2 Å². The molecule has 0 amide bonds. The molecular weight excluding hydrogens is 258 g/mol. The summed E-state index contributed by atoms with van der Waals surface area (Å²) in [4.78, 5) is 0. The van der Waals surface area contributed by atoms with Crippen LogP contribution in [0, 0.1) is 18.3 Å². The fourth-order valence-electron chi connectivity index (χ4n) is 2.56. The molecule has 0 atom stereocenters. The maximum Gasteiger partial charge on any atom is 0.232 e. The number of hydrogen-bond acceptors (Lipinski definition) is 2. The topological polar surface area (TPSA) is 46.2 Å². The second-order valence-electron chi connectivity index (χ2n) is 5.11. The molecule has 19 heavy (non-hydrogen) atoms. The molecule has 1 aromatic rings. The van der Waals surface area contributed by atoms with E-state index in [0.29, 0.717) is 17.2 Å². The van der Waals surface area contributed by atoms with Crippen LogP contribution in [0.2, 0.25) is 0 Å². The first-order valence-corrected chi connectivity index (χ1v) is 8.31. The van der Waals surface area contributed by atoms with Gasteiger partial charge in [0.25, 0.3) is 0 Å². The van der Waals surface area contributed by atoms with E-state index < -0.39 is 10.0 Å². The predicted octanol–water partition coefficient (Wildman–Crippen LogP) is 2.99. The molecule has 4 heteroatoms. The molecule has 1 aliphatic carbocycles. The van der Waals surface area contributed by atoms with E-state index in [0.717, 1.165) is 25.7 Å². The minimum absolute atomic E-state index is 0.216. The molecule has 1 aliphatic rings. The highest BCUT2D eigenvalue weighted by atomic mass is 32.2. The molecule has 0 saturated heterocycles. The lowest BCUT2D eigenvalue weighted by Crippen LogP contribution is -2.24. The van der Waals surface area contributed by atoms with E-state index in [1.54, 1.807) is 24.3 Å². The first-order valence-electron chi connectivity index (χ1n) is 6.66. The van der Waals surface area contributed by atoms with Crippen molar-refractivity contribution in [3.05, 3.63) is 29.8 Å². The molecule has 2 rings (SSSR count). The standard InChI is InChI=1S/C15H19NO2S/c1-2-13-9-6-10-15(11-13)16-19(17,18)12-14-7-4-3-5-8-14/h1,6,9-11,14,16H,3-5,7-8,12H2. The molecule has 0 bridgehead atoms. The Morgan fingerprint density at radius 3 is 2.68 bits per heavy atom. The Labute approximate surface area is 115 Å². The van der Waals surface area contributed by atoms with Crippen LogP contribution >= 0.6 is 0 Å². The summed E-state index contributed by atoms with van der Waals surface area (Å²) in [6.45, 7) is 0. The van der Waals surface area contributed by atoms with Crippen molar-refractivity contribution in [2.45, 2.75) is 32.1 Å². The number of hydrogen-bond donors (Lipinski definition) is 1. The Morgan fingerprint density at radius 1 is 1.26 bits per heavy atom. The highest BCUT2D eigenvalue weighted by Gasteiger charge is 2.21. The van der Waals surface area contributed by atoms with Crippen LogP contribution in [0.4, 0.5) is 5.69 Å². The van der Waals surface area contributed by atoms with Crippen LogP contribution in [0.5, 0.6) is 0 Å². The van der Waals surface area contributed by atoms with Crippen molar-refractivity contribution >= 4 is 15.7 Å². The lowest BCUT2D eigenvalue weighted by molar-refractivity contribution is 0.385. The average Bonchev–Trinajstić information content (AvgIpc) is 2.39. The molecule has 1 fully saturated rings. The second-order valence-corrected chi connectivity index (χ2v) is 6.88. The molecule has 1 saturated carbocycles. The zero-order chi connectivity index (χ0) is 13.7. The van der Waals surface area contributed by atoms with Gasteiger partial charge in [-0.15, -0.1) is 6.42 Å². The van der Waals surface area contributed by atoms with E-state index in [1.807, 2.05) is 0 Å². The van der Waals surface area contributed by atoms with Crippen LogP contribution in [0.25, 0.3) is 0 Å². The maximum absolute atomic E-state index is 12.1. The summed E-state index contributed by atoms with van der Waals surface area (Å²) in [5, 5.41) is 0. The lowest BCUT2D eigenvalue weighted by atomic mass is 9.91. The van der Waals surface area contributed by atoms with Gasteiger partial charge in [-0.25, -0.2) is 8.42 Å². The Hall–Kier alpha value is -1.47. The quantitative estimate of drug-likeness (QED) is 0.860. The van der Waals surface area contributed by atoms with Crippen LogP contribution in [-0.2, 0) is 10.0 Å². The molecule has 1 N–H and O–H groups in total. The summed E-state index contributed by atoms with van der Waals surface area (Å²) in [5.41, 5.74) is 1.23. The van der Waals surface area contributed by atoms with Gasteiger partial charge in [0.15, 0.2) is 0 Å². The Morgan fingerprint density at radius 2 is 2.00 bits per heavy atom. The van der Waals surface area contributed by atoms with Crippen molar-refractivity contribution in [3.63, 3.8) is 0 Å². The van der Waals surface area contributed by atoms with Gasteiger partial charge >= 0.3 is 0 Å². The highest BCUT2D eigenvalue weighted by molar-refractivity contribution is 7.92. The van der Waals surface area contributed by atoms with Gasteiger partial charge in [0.05, 0.1) is 5.75 Å². The van der Waals surface area contributed by atoms with Crippen LogP contribution in [0.1, 0.15) is 37.7 Å². The highest BCUT2D eigenvalue weighted by Crippen LogP contribution is 2.25. The molecule has 0 aliphatic heterocycles. The summed E-state index contributed by atoms with van der Waals surface area (Å²) in [6.07, 6.45) is 10.9. The third-order valence-electron chi connectivity index (χ3n) is 3.48. The Kier molecular flexibility index (Phi) is 4.49. The number of sulfonamides is 1. The van der Waals surface area contributed by atoms with Crippen LogP contribution < -0.4 is 4.72 Å². The van der Waals surface area contributed by atoms with Crippen LogP contribution in [0.3, 0.4) is 0 Å². The minimum Gasteiger partial charge on any atom is -0.284 e. The molecule has 3 nitrogen and oxygen atoms in total. The monoisotopic (exact) mass is 277 g/mol. The molecule has 1 aromatic carbocycles. The van der Waals surface area contributed by atoms with Gasteiger partial charge in [0.2, 0.25) is 10.0 Å². The number of benzene rings is 1. The summed E-state index contributed by atoms with van der Waals surface area (Å²) in [7, 11) is -3.28. The van der Waals surface area contributed by atoms with Gasteiger partial charge < -0.3 is 0 Å². The number of anilines is 1. The predicted molar refractivity (Wildman–Crippen MR) is 78.4 cm³/mol. The van der Waals surface area contributed by atoms with E-state index in [2.05, 4.69) is 10.6 Å². The van der Waals surface area contributed by atoms with E-state index >= 15 is 0 Å². The zero-order valence-electron chi connectivity index (χ0n) is 10.9. The number of rotatable bonds is 4. The van der Waals surface area contributed by atoms with Crippen molar-refractivity contribution in [1.29, 1.82) is 0 Å². The molecule has 0 unspecified atom stereocenters. The van der Waals surface area contributed by atoms with E-state index in [9.17, 15) is 8.42 Å². The zero-order valence-corrected chi connectivity index (χ0v) is 11.7. The molecular formula is C15H19NO2S. The van der Waals surface area contributed by atoms with Crippen molar-refractivity contribution in [3.8, 4) is 12.3 Å². The summed E-state index contributed by atoms with van der Waals surface area (Å²) in [6, 6.07) is 6.93. The second kappa shape index (κ2) is 6.12. The number of terminal acetylenes is 1. The minimum atomic E-state index is -3.28. The molecule has 0 aromatic heterocycles. The largest absolute Gasteiger partial charge is 0.284 e. The lowest BCUT2D eigenvalue weighted by Gasteiger charge is -2.21. The SMILES string of the molecule is C#Cc1cccc(NS(=O)(=O)CC2CCCCC2)c1. The van der Waals surface area contributed by atoms with Crippen molar-refractivity contribution < 1.29 is 8.42 Å². The molecule has 0 heterocycles. The molecule has 0 radical (unpaired) electrons. The number of nitrogens with one attached hydrogen (secondary N) is 1. The summed E-state index contributed by atoms with van der Waals surface area (Å²) >= 11 is 0. The van der Waals surface area contributed by atoms with Gasteiger partial charge in [-0.05, 0) is 37.0 Å². The Balaban J connectivity index is 2.01. The molecule has 0 spiro atoms. The maximum atomic E-state index is 12.1. The Bertz CT molecular complexity index is 566. The fraction of sp³-hybridized carbons (Fsp3) is 0.467. The summed E-state index contributed by atoms with van der Waals surface area (Å²) < 4.78 is 26.8. The van der Waals surface area contributed by atoms with Gasteiger partial charge in [0, 0.05) is 11.3 Å². The first kappa shape index (κ1) is 14.0. The van der Waals surface area contributed by atoms with Gasteiger partial charge in [-0.2, -0.15) is 0 Å². The third kappa shape index (κ3) is 4.29. The fourth-order valence-corrected chi connectivity index (χ4v) is 4.08. The van der Waals surface area contributed by atoms with Gasteiger partial charge in [-0.3, -0.25) is 4.72 Å². The van der Waals surface area contributed by atoms with Crippen molar-refractivity contribution in [1.82, 2.24) is 0 Å². The van der Waals surface area contributed by atoms with Crippen molar-refractivity contribution in [2.24, 2.45) is 5.92 Å². The average molecular weight is 277 g/mol. The van der Waals surface area contributed by atoms with E-state index in [1.165, 1.54) is 6.42 Å². The third-order valence-corrected chi connectivity index (χ3v) is 4.94. The van der Waals surface area contributed by atoms with E-state index in [4.69, 9.17) is 6.42 Å². The van der Waals surface area contributed by atoms with Crippen molar-refractivity contribution in [2.75, 3.05) is 10.5 Å². The van der Waals surface area contributed by atoms with E-state index in [-0.39, 0.29) is 5.75 Å². The van der Waals surface area contributed by atoms with Crippen LogP contribution in [0.15, 0.2) is 24.3 Å². The summed E-state index contributed by atoms with van der Waals surface area (Å²) in [5.74, 6) is 3.01. The normalized spacial score (nSPS) is 16.8. The smallest absolute Gasteiger partial charge is 0.232 e. The van der Waals surface area contributed by atoms with Gasteiger partial charge in [-0.1, -0.05) is 31.2 Å². The first-order chi connectivity index (χ1) is 9.09.